The molecule has 140 valence electrons. The van der Waals surface area contributed by atoms with E-state index in [9.17, 15) is 0 Å². The second-order valence-electron chi connectivity index (χ2n) is 7.16. The van der Waals surface area contributed by atoms with Gasteiger partial charge < -0.3 is 9.80 Å². The van der Waals surface area contributed by atoms with E-state index in [1.165, 1.54) is 41.5 Å². The van der Waals surface area contributed by atoms with Crippen LogP contribution in [0.3, 0.4) is 0 Å². The number of hydrogen-bond acceptors (Lipinski definition) is 5. The van der Waals surface area contributed by atoms with Crippen LogP contribution < -0.4 is 9.80 Å². The van der Waals surface area contributed by atoms with Gasteiger partial charge in [-0.15, -0.1) is 11.3 Å². The fourth-order valence-corrected chi connectivity index (χ4v) is 5.69. The Bertz CT molecular complexity index is 995. The standard InChI is InChI=1S/C20H20Cl2N4S/c21-15-6-5-13(11-16(15)22)25-7-9-26(10-8-25)19-18-14-3-1-2-4-17(14)27-20(18)24-12-23-19/h5-6,11-12H,1-4,7-10H2. The molecule has 1 aromatic carbocycles. The van der Waals surface area contributed by atoms with E-state index >= 15 is 0 Å². The summed E-state index contributed by atoms with van der Waals surface area (Å²) >= 11 is 14.1. The van der Waals surface area contributed by atoms with E-state index in [1.54, 1.807) is 6.33 Å². The van der Waals surface area contributed by atoms with Crippen molar-refractivity contribution in [3.8, 4) is 0 Å². The van der Waals surface area contributed by atoms with Crippen LogP contribution >= 0.6 is 34.5 Å². The third-order valence-corrected chi connectivity index (χ3v) is 7.52. The summed E-state index contributed by atoms with van der Waals surface area (Å²) in [5, 5.41) is 2.52. The lowest BCUT2D eigenvalue weighted by Crippen LogP contribution is -2.47. The Labute approximate surface area is 172 Å². The van der Waals surface area contributed by atoms with Crippen molar-refractivity contribution in [2.24, 2.45) is 0 Å². The van der Waals surface area contributed by atoms with Crippen molar-refractivity contribution in [1.29, 1.82) is 0 Å². The van der Waals surface area contributed by atoms with Gasteiger partial charge in [0.05, 0.1) is 15.4 Å². The number of halogens is 2. The highest BCUT2D eigenvalue weighted by atomic mass is 35.5. The average molecular weight is 419 g/mol. The SMILES string of the molecule is Clc1ccc(N2CCN(c3ncnc4sc5c(c34)CCCC5)CC2)cc1Cl. The number of benzene rings is 1. The quantitative estimate of drug-likeness (QED) is 0.571. The molecule has 0 amide bonds. The zero-order chi connectivity index (χ0) is 18.4. The molecule has 0 saturated carbocycles. The van der Waals surface area contributed by atoms with Crippen LogP contribution in [0.2, 0.25) is 10.0 Å². The topological polar surface area (TPSA) is 32.3 Å². The highest BCUT2D eigenvalue weighted by molar-refractivity contribution is 7.19. The van der Waals surface area contributed by atoms with Crippen molar-refractivity contribution in [2.45, 2.75) is 25.7 Å². The summed E-state index contributed by atoms with van der Waals surface area (Å²) in [7, 11) is 0. The molecule has 1 aliphatic carbocycles. The van der Waals surface area contributed by atoms with Gasteiger partial charge in [-0.1, -0.05) is 23.2 Å². The molecule has 3 aromatic rings. The van der Waals surface area contributed by atoms with Gasteiger partial charge >= 0.3 is 0 Å². The molecule has 0 bridgehead atoms. The summed E-state index contributed by atoms with van der Waals surface area (Å²) in [6.45, 7) is 3.76. The first-order valence-electron chi connectivity index (χ1n) is 9.41. The van der Waals surface area contributed by atoms with E-state index in [4.69, 9.17) is 28.2 Å². The molecule has 0 radical (unpaired) electrons. The number of rotatable bonds is 2. The fourth-order valence-electron chi connectivity index (χ4n) is 4.17. The van der Waals surface area contributed by atoms with E-state index in [2.05, 4.69) is 14.8 Å². The van der Waals surface area contributed by atoms with E-state index < -0.39 is 0 Å². The van der Waals surface area contributed by atoms with Gasteiger partial charge in [-0.3, -0.25) is 0 Å². The summed E-state index contributed by atoms with van der Waals surface area (Å²) in [5.41, 5.74) is 2.63. The predicted octanol–water partition coefficient (Wildman–Crippen LogP) is 5.20. The van der Waals surface area contributed by atoms with Crippen molar-refractivity contribution < 1.29 is 0 Å². The van der Waals surface area contributed by atoms with Gasteiger partial charge in [-0.05, 0) is 49.4 Å². The Morgan fingerprint density at radius 2 is 1.67 bits per heavy atom. The van der Waals surface area contributed by atoms with E-state index in [0.29, 0.717) is 10.0 Å². The van der Waals surface area contributed by atoms with Crippen LogP contribution in [0.5, 0.6) is 0 Å². The van der Waals surface area contributed by atoms with E-state index in [-0.39, 0.29) is 0 Å². The molecule has 27 heavy (non-hydrogen) atoms. The zero-order valence-electron chi connectivity index (χ0n) is 14.9. The summed E-state index contributed by atoms with van der Waals surface area (Å²) in [6, 6.07) is 5.87. The molecule has 0 spiro atoms. The van der Waals surface area contributed by atoms with Gasteiger partial charge in [0.1, 0.15) is 17.0 Å². The van der Waals surface area contributed by atoms with Crippen molar-refractivity contribution in [1.82, 2.24) is 9.97 Å². The maximum Gasteiger partial charge on any atom is 0.141 e. The number of aryl methyl sites for hydroxylation is 2. The monoisotopic (exact) mass is 418 g/mol. The Balaban J connectivity index is 1.41. The van der Waals surface area contributed by atoms with Crippen molar-refractivity contribution in [2.75, 3.05) is 36.0 Å². The van der Waals surface area contributed by atoms with Gasteiger partial charge in [-0.2, -0.15) is 0 Å². The molecule has 1 aliphatic heterocycles. The maximum atomic E-state index is 6.19. The highest BCUT2D eigenvalue weighted by Gasteiger charge is 2.25. The Hall–Kier alpha value is -1.56. The van der Waals surface area contributed by atoms with Gasteiger partial charge in [0.2, 0.25) is 0 Å². The number of anilines is 2. The van der Waals surface area contributed by atoms with Crippen molar-refractivity contribution in [3.63, 3.8) is 0 Å². The first-order valence-corrected chi connectivity index (χ1v) is 11.0. The first-order chi connectivity index (χ1) is 13.2. The smallest absolute Gasteiger partial charge is 0.141 e. The number of nitrogens with zero attached hydrogens (tertiary/aromatic N) is 4. The third-order valence-electron chi connectivity index (χ3n) is 5.58. The fraction of sp³-hybridized carbons (Fsp3) is 0.400. The first kappa shape index (κ1) is 17.5. The molecule has 1 fully saturated rings. The number of piperazine rings is 1. The van der Waals surface area contributed by atoms with Gasteiger partial charge in [0.15, 0.2) is 0 Å². The molecular weight excluding hydrogens is 399 g/mol. The Morgan fingerprint density at radius 3 is 2.48 bits per heavy atom. The summed E-state index contributed by atoms with van der Waals surface area (Å²) in [5.74, 6) is 1.12. The van der Waals surface area contributed by atoms with E-state index in [0.717, 1.165) is 42.5 Å². The summed E-state index contributed by atoms with van der Waals surface area (Å²) in [6.07, 6.45) is 6.66. The van der Waals surface area contributed by atoms with Crippen LogP contribution in [0.25, 0.3) is 10.2 Å². The minimum Gasteiger partial charge on any atom is -0.368 e. The molecule has 0 N–H and O–H groups in total. The molecule has 2 aliphatic rings. The molecule has 0 unspecified atom stereocenters. The minimum atomic E-state index is 0.602. The molecule has 2 aromatic heterocycles. The van der Waals surface area contributed by atoms with Crippen LogP contribution in [0, 0.1) is 0 Å². The van der Waals surface area contributed by atoms with Crippen molar-refractivity contribution in [3.05, 3.63) is 45.0 Å². The van der Waals surface area contributed by atoms with Crippen molar-refractivity contribution >= 4 is 56.3 Å². The number of thiophene rings is 1. The summed E-state index contributed by atoms with van der Waals surface area (Å²) in [4.78, 5) is 16.7. The predicted molar refractivity (Wildman–Crippen MR) is 115 cm³/mol. The largest absolute Gasteiger partial charge is 0.368 e. The second kappa shape index (κ2) is 7.12. The van der Waals surface area contributed by atoms with Crippen LogP contribution in [-0.2, 0) is 12.8 Å². The summed E-state index contributed by atoms with van der Waals surface area (Å²) < 4.78 is 0. The van der Waals surface area contributed by atoms with Crippen LogP contribution in [0.4, 0.5) is 11.5 Å². The lowest BCUT2D eigenvalue weighted by molar-refractivity contribution is 0.648. The van der Waals surface area contributed by atoms with Gasteiger partial charge in [0.25, 0.3) is 0 Å². The molecule has 1 saturated heterocycles. The lowest BCUT2D eigenvalue weighted by atomic mass is 9.97. The number of fused-ring (bicyclic) bond motifs is 3. The molecule has 3 heterocycles. The lowest BCUT2D eigenvalue weighted by Gasteiger charge is -2.37. The third kappa shape index (κ3) is 3.16. The molecule has 7 heteroatoms. The average Bonchev–Trinajstić information content (AvgIpc) is 3.09. The van der Waals surface area contributed by atoms with Crippen LogP contribution in [0.1, 0.15) is 23.3 Å². The minimum absolute atomic E-state index is 0.602. The normalized spacial score (nSPS) is 17.4. The zero-order valence-corrected chi connectivity index (χ0v) is 17.2. The molecule has 5 rings (SSSR count). The van der Waals surface area contributed by atoms with E-state index in [1.807, 2.05) is 29.5 Å². The highest BCUT2D eigenvalue weighted by Crippen LogP contribution is 2.39. The molecule has 4 nitrogen and oxygen atoms in total. The Kier molecular flexibility index (Phi) is 4.62. The number of aromatic nitrogens is 2. The van der Waals surface area contributed by atoms with Crippen LogP contribution in [0.15, 0.2) is 24.5 Å². The van der Waals surface area contributed by atoms with Gasteiger partial charge in [0, 0.05) is 36.7 Å². The van der Waals surface area contributed by atoms with Gasteiger partial charge in [-0.25, -0.2) is 9.97 Å². The Morgan fingerprint density at radius 1 is 0.889 bits per heavy atom. The second-order valence-corrected chi connectivity index (χ2v) is 9.06. The van der Waals surface area contributed by atoms with Crippen LogP contribution in [-0.4, -0.2) is 36.1 Å². The molecule has 0 atom stereocenters. The number of hydrogen-bond donors (Lipinski definition) is 0. The maximum absolute atomic E-state index is 6.19. The molecular formula is C20H20Cl2N4S.